The van der Waals surface area contributed by atoms with E-state index in [9.17, 15) is 0 Å². The van der Waals surface area contributed by atoms with Gasteiger partial charge in [-0.15, -0.1) is 0 Å². The zero-order chi connectivity index (χ0) is 14.8. The molecule has 3 rings (SSSR count). The number of hydrogen-bond donors (Lipinski definition) is 2. The molecular formula is C17H26N4. The highest BCUT2D eigenvalue weighted by Crippen LogP contribution is 2.25. The Balaban J connectivity index is 1.71. The molecule has 1 fully saturated rings. The van der Waals surface area contributed by atoms with Gasteiger partial charge < -0.3 is 16.0 Å². The first kappa shape index (κ1) is 14.3. The van der Waals surface area contributed by atoms with Gasteiger partial charge in [-0.05, 0) is 56.5 Å². The van der Waals surface area contributed by atoms with Gasteiger partial charge in [0.2, 0.25) is 0 Å². The van der Waals surface area contributed by atoms with Crippen molar-refractivity contribution >= 4 is 0 Å². The SMILES string of the molecule is Cc1cc(C(C)N2C=C(N)NC2)ccc1CN1CCCC1. The monoisotopic (exact) mass is 286 g/mol. The van der Waals surface area contributed by atoms with Crippen LogP contribution in [-0.2, 0) is 6.54 Å². The summed E-state index contributed by atoms with van der Waals surface area (Å²) in [5.74, 6) is 0.754. The minimum absolute atomic E-state index is 0.345. The molecule has 4 nitrogen and oxygen atoms in total. The fourth-order valence-corrected chi connectivity index (χ4v) is 3.23. The standard InChI is InChI=1S/C17H26N4/c1-13-9-15(14(2)21-11-17(18)19-12-21)5-6-16(13)10-20-7-3-4-8-20/h5-6,9,11,14,19H,3-4,7-8,10,12,18H2,1-2H3. The van der Waals surface area contributed by atoms with Crippen LogP contribution in [0.15, 0.2) is 30.2 Å². The summed E-state index contributed by atoms with van der Waals surface area (Å²) < 4.78 is 0. The Morgan fingerprint density at radius 2 is 2.05 bits per heavy atom. The van der Waals surface area contributed by atoms with Crippen LogP contribution in [0.2, 0.25) is 0 Å². The van der Waals surface area contributed by atoms with Gasteiger partial charge in [-0.3, -0.25) is 4.90 Å². The molecule has 1 aromatic carbocycles. The number of nitrogens with two attached hydrogens (primary N) is 1. The van der Waals surface area contributed by atoms with Crippen LogP contribution in [0.4, 0.5) is 0 Å². The largest absolute Gasteiger partial charge is 0.384 e. The Morgan fingerprint density at radius 3 is 2.67 bits per heavy atom. The maximum Gasteiger partial charge on any atom is 0.114 e. The van der Waals surface area contributed by atoms with Gasteiger partial charge in [-0.1, -0.05) is 18.2 Å². The summed E-state index contributed by atoms with van der Waals surface area (Å²) in [4.78, 5) is 4.80. The summed E-state index contributed by atoms with van der Waals surface area (Å²) in [6.45, 7) is 8.85. The van der Waals surface area contributed by atoms with Crippen molar-refractivity contribution in [3.8, 4) is 0 Å². The summed E-state index contributed by atoms with van der Waals surface area (Å²) >= 11 is 0. The van der Waals surface area contributed by atoms with Crippen LogP contribution >= 0.6 is 0 Å². The molecule has 2 aliphatic rings. The van der Waals surface area contributed by atoms with Crippen molar-refractivity contribution < 1.29 is 0 Å². The first-order chi connectivity index (χ1) is 10.1. The van der Waals surface area contributed by atoms with Crippen LogP contribution in [0, 0.1) is 6.92 Å². The second-order valence-corrected chi connectivity index (χ2v) is 6.28. The van der Waals surface area contributed by atoms with Gasteiger partial charge in [-0.25, -0.2) is 0 Å². The van der Waals surface area contributed by atoms with Gasteiger partial charge in [0.1, 0.15) is 5.82 Å². The van der Waals surface area contributed by atoms with Crippen LogP contribution < -0.4 is 11.1 Å². The molecule has 2 heterocycles. The average Bonchev–Trinajstić information content (AvgIpc) is 3.12. The van der Waals surface area contributed by atoms with E-state index in [1.54, 1.807) is 0 Å². The van der Waals surface area contributed by atoms with E-state index in [-0.39, 0.29) is 0 Å². The van der Waals surface area contributed by atoms with Crippen molar-refractivity contribution in [1.29, 1.82) is 0 Å². The predicted molar refractivity (Wildman–Crippen MR) is 86.2 cm³/mol. The zero-order valence-corrected chi connectivity index (χ0v) is 13.1. The van der Waals surface area contributed by atoms with E-state index in [2.05, 4.69) is 47.2 Å². The Labute approximate surface area is 127 Å². The van der Waals surface area contributed by atoms with Gasteiger partial charge in [0.15, 0.2) is 0 Å². The van der Waals surface area contributed by atoms with Crippen molar-refractivity contribution in [2.45, 2.75) is 39.3 Å². The van der Waals surface area contributed by atoms with Crippen molar-refractivity contribution in [2.24, 2.45) is 5.73 Å². The molecule has 0 amide bonds. The Bertz CT molecular complexity index is 532. The Kier molecular flexibility index (Phi) is 4.06. The number of benzene rings is 1. The van der Waals surface area contributed by atoms with E-state index in [0.717, 1.165) is 19.0 Å². The molecule has 0 radical (unpaired) electrons. The lowest BCUT2D eigenvalue weighted by atomic mass is 10.0. The summed E-state index contributed by atoms with van der Waals surface area (Å²) in [6, 6.07) is 7.25. The molecule has 0 bridgehead atoms. The molecule has 2 aliphatic heterocycles. The maximum atomic E-state index is 5.79. The molecule has 1 aromatic rings. The lowest BCUT2D eigenvalue weighted by Gasteiger charge is -2.25. The number of nitrogens with zero attached hydrogens (tertiary/aromatic N) is 2. The van der Waals surface area contributed by atoms with E-state index in [1.165, 1.54) is 42.6 Å². The highest BCUT2D eigenvalue weighted by molar-refractivity contribution is 5.33. The van der Waals surface area contributed by atoms with Crippen molar-refractivity contribution in [3.05, 3.63) is 46.9 Å². The van der Waals surface area contributed by atoms with Crippen LogP contribution in [-0.4, -0.2) is 29.6 Å². The Hall–Kier alpha value is -1.68. The van der Waals surface area contributed by atoms with Crippen LogP contribution in [0.3, 0.4) is 0 Å². The molecule has 1 saturated heterocycles. The Morgan fingerprint density at radius 1 is 1.29 bits per heavy atom. The minimum Gasteiger partial charge on any atom is -0.384 e. The van der Waals surface area contributed by atoms with Gasteiger partial charge in [-0.2, -0.15) is 0 Å². The summed E-state index contributed by atoms with van der Waals surface area (Å²) in [5, 5.41) is 3.15. The van der Waals surface area contributed by atoms with Crippen molar-refractivity contribution in [3.63, 3.8) is 0 Å². The average molecular weight is 286 g/mol. The summed E-state index contributed by atoms with van der Waals surface area (Å²) in [5.41, 5.74) is 10.0. The van der Waals surface area contributed by atoms with Gasteiger partial charge in [0, 0.05) is 12.7 Å². The molecular weight excluding hydrogens is 260 g/mol. The molecule has 1 unspecified atom stereocenters. The smallest absolute Gasteiger partial charge is 0.114 e. The molecule has 0 aromatic heterocycles. The van der Waals surface area contributed by atoms with E-state index in [4.69, 9.17) is 5.73 Å². The second kappa shape index (κ2) is 5.98. The highest BCUT2D eigenvalue weighted by Gasteiger charge is 2.18. The quantitative estimate of drug-likeness (QED) is 0.891. The molecule has 0 aliphatic carbocycles. The van der Waals surface area contributed by atoms with Crippen molar-refractivity contribution in [2.75, 3.05) is 19.8 Å². The minimum atomic E-state index is 0.345. The van der Waals surface area contributed by atoms with Crippen LogP contribution in [0.25, 0.3) is 0 Å². The molecule has 0 saturated carbocycles. The molecule has 1 atom stereocenters. The summed E-state index contributed by atoms with van der Waals surface area (Å²) in [6.07, 6.45) is 4.70. The number of likely N-dealkylation sites (tertiary alicyclic amines) is 1. The molecule has 114 valence electrons. The summed E-state index contributed by atoms with van der Waals surface area (Å²) in [7, 11) is 0. The van der Waals surface area contributed by atoms with E-state index < -0.39 is 0 Å². The van der Waals surface area contributed by atoms with E-state index in [0.29, 0.717) is 6.04 Å². The van der Waals surface area contributed by atoms with Crippen molar-refractivity contribution in [1.82, 2.24) is 15.1 Å². The van der Waals surface area contributed by atoms with E-state index >= 15 is 0 Å². The lowest BCUT2D eigenvalue weighted by Crippen LogP contribution is -2.25. The fraction of sp³-hybridized carbons (Fsp3) is 0.529. The third-order valence-corrected chi connectivity index (χ3v) is 4.71. The molecule has 21 heavy (non-hydrogen) atoms. The first-order valence-electron chi connectivity index (χ1n) is 7.92. The zero-order valence-electron chi connectivity index (χ0n) is 13.1. The van der Waals surface area contributed by atoms with E-state index in [1.807, 2.05) is 6.20 Å². The molecule has 4 heteroatoms. The predicted octanol–water partition coefficient (Wildman–Crippen LogP) is 2.27. The first-order valence-corrected chi connectivity index (χ1v) is 7.92. The second-order valence-electron chi connectivity index (χ2n) is 6.28. The topological polar surface area (TPSA) is 44.5 Å². The van der Waals surface area contributed by atoms with Gasteiger partial charge in [0.05, 0.1) is 12.7 Å². The van der Waals surface area contributed by atoms with Crippen LogP contribution in [0.1, 0.15) is 42.5 Å². The maximum absolute atomic E-state index is 5.79. The highest BCUT2D eigenvalue weighted by atomic mass is 15.3. The molecule has 3 N–H and O–H groups in total. The van der Waals surface area contributed by atoms with Gasteiger partial charge in [0.25, 0.3) is 0 Å². The van der Waals surface area contributed by atoms with Gasteiger partial charge >= 0.3 is 0 Å². The number of hydrogen-bond acceptors (Lipinski definition) is 4. The number of nitrogens with one attached hydrogen (secondary N) is 1. The molecule has 0 spiro atoms. The lowest BCUT2D eigenvalue weighted by molar-refractivity contribution is 0.310. The third kappa shape index (κ3) is 3.16. The van der Waals surface area contributed by atoms with Crippen LogP contribution in [0.5, 0.6) is 0 Å². The number of aryl methyl sites for hydroxylation is 1. The number of rotatable bonds is 4. The fourth-order valence-electron chi connectivity index (χ4n) is 3.23. The third-order valence-electron chi connectivity index (χ3n) is 4.71. The normalized spacial score (nSPS) is 20.5.